The molecule has 0 saturated carbocycles. The predicted octanol–water partition coefficient (Wildman–Crippen LogP) is 5.39. The van der Waals surface area contributed by atoms with Crippen molar-refractivity contribution >= 4 is 55.4 Å². The van der Waals surface area contributed by atoms with Crippen LogP contribution in [0.25, 0.3) is 6.08 Å². The van der Waals surface area contributed by atoms with Crippen molar-refractivity contribution in [2.24, 2.45) is 0 Å². The van der Waals surface area contributed by atoms with Crippen molar-refractivity contribution in [2.45, 2.75) is 6.61 Å². The fourth-order valence-electron chi connectivity index (χ4n) is 3.02. The van der Waals surface area contributed by atoms with Crippen LogP contribution in [-0.4, -0.2) is 11.8 Å². The van der Waals surface area contributed by atoms with E-state index < -0.39 is 11.8 Å². The number of anilines is 1. The molecule has 0 aromatic heterocycles. The largest absolute Gasteiger partial charge is 0.487 e. The molecule has 2 amide bonds. The van der Waals surface area contributed by atoms with Crippen LogP contribution in [0.4, 0.5) is 10.1 Å². The first-order chi connectivity index (χ1) is 14.9. The van der Waals surface area contributed by atoms with E-state index in [4.69, 9.17) is 4.74 Å². The number of benzene rings is 3. The van der Waals surface area contributed by atoms with Crippen molar-refractivity contribution in [3.63, 3.8) is 0 Å². The van der Waals surface area contributed by atoms with E-state index in [2.05, 4.69) is 37.3 Å². The fourth-order valence-corrected chi connectivity index (χ4v) is 4.47. The van der Waals surface area contributed by atoms with E-state index in [1.54, 1.807) is 48.5 Å². The zero-order valence-electron chi connectivity index (χ0n) is 15.9. The van der Waals surface area contributed by atoms with Crippen LogP contribution in [0.15, 0.2) is 81.2 Å². The zero-order valence-corrected chi connectivity index (χ0v) is 19.1. The Morgan fingerprint density at radius 2 is 1.61 bits per heavy atom. The molecule has 0 atom stereocenters. The highest BCUT2D eigenvalue weighted by molar-refractivity contribution is 9.11. The van der Waals surface area contributed by atoms with Crippen LogP contribution in [0, 0.1) is 5.82 Å². The molecular formula is C23H15Br2FN2O3. The molecule has 31 heavy (non-hydrogen) atoms. The van der Waals surface area contributed by atoms with Gasteiger partial charge < -0.3 is 4.74 Å². The highest BCUT2D eigenvalue weighted by Gasteiger charge is 2.34. The first-order valence-electron chi connectivity index (χ1n) is 9.21. The number of carbonyl (C=O) groups is 2. The topological polar surface area (TPSA) is 58.6 Å². The summed E-state index contributed by atoms with van der Waals surface area (Å²) in [7, 11) is 0. The van der Waals surface area contributed by atoms with Gasteiger partial charge in [0.15, 0.2) is 0 Å². The summed E-state index contributed by atoms with van der Waals surface area (Å²) in [5, 5.41) is 1.22. The lowest BCUT2D eigenvalue weighted by molar-refractivity contribution is -0.117. The lowest BCUT2D eigenvalue weighted by Gasteiger charge is -2.14. The monoisotopic (exact) mass is 544 g/mol. The summed E-state index contributed by atoms with van der Waals surface area (Å²) in [6.45, 7) is 0.255. The predicted molar refractivity (Wildman–Crippen MR) is 123 cm³/mol. The van der Waals surface area contributed by atoms with E-state index in [0.717, 1.165) is 5.56 Å². The molecule has 1 saturated heterocycles. The molecule has 0 unspecified atom stereocenters. The number of halogens is 3. The molecule has 5 nitrogen and oxygen atoms in total. The molecule has 3 aromatic rings. The Hall–Kier alpha value is -2.97. The smallest absolute Gasteiger partial charge is 0.282 e. The maximum atomic E-state index is 13.0. The van der Waals surface area contributed by atoms with E-state index >= 15 is 0 Å². The first kappa shape index (κ1) is 21.3. The van der Waals surface area contributed by atoms with Gasteiger partial charge in [0, 0.05) is 0 Å². The van der Waals surface area contributed by atoms with Gasteiger partial charge >= 0.3 is 0 Å². The van der Waals surface area contributed by atoms with E-state index in [1.165, 1.54) is 23.2 Å². The average Bonchev–Trinajstić information content (AvgIpc) is 3.03. The van der Waals surface area contributed by atoms with Gasteiger partial charge in [-0.25, -0.2) is 9.40 Å². The molecule has 1 aliphatic rings. The molecule has 3 aromatic carbocycles. The van der Waals surface area contributed by atoms with Gasteiger partial charge in [0.1, 0.15) is 23.7 Å². The van der Waals surface area contributed by atoms with Crippen molar-refractivity contribution < 1.29 is 18.7 Å². The lowest BCUT2D eigenvalue weighted by atomic mass is 10.1. The first-order valence-corrected chi connectivity index (χ1v) is 10.8. The van der Waals surface area contributed by atoms with Gasteiger partial charge in [-0.05, 0) is 85.5 Å². The van der Waals surface area contributed by atoms with Gasteiger partial charge in [-0.2, -0.15) is 0 Å². The van der Waals surface area contributed by atoms with Gasteiger partial charge in [-0.1, -0.05) is 30.3 Å². The number of para-hydroxylation sites is 1. The van der Waals surface area contributed by atoms with Gasteiger partial charge in [0.25, 0.3) is 11.8 Å². The van der Waals surface area contributed by atoms with Crippen LogP contribution in [0.1, 0.15) is 11.1 Å². The molecule has 0 aliphatic carbocycles. The van der Waals surface area contributed by atoms with Crippen LogP contribution in [0.3, 0.4) is 0 Å². The summed E-state index contributed by atoms with van der Waals surface area (Å²) in [6, 6.07) is 18.4. The summed E-state index contributed by atoms with van der Waals surface area (Å²) >= 11 is 6.94. The van der Waals surface area contributed by atoms with Crippen LogP contribution >= 0.6 is 31.9 Å². The number of nitrogens with zero attached hydrogens (tertiary/aromatic N) is 1. The molecule has 4 rings (SSSR count). The third kappa shape index (κ3) is 4.70. The molecule has 0 spiro atoms. The Morgan fingerprint density at radius 3 is 2.26 bits per heavy atom. The van der Waals surface area contributed by atoms with Crippen molar-refractivity contribution in [3.8, 4) is 5.75 Å². The third-order valence-corrected chi connectivity index (χ3v) is 5.71. The normalized spacial score (nSPS) is 14.8. The molecule has 156 valence electrons. The molecule has 1 N–H and O–H groups in total. The highest BCUT2D eigenvalue weighted by Crippen LogP contribution is 2.36. The van der Waals surface area contributed by atoms with E-state index in [9.17, 15) is 14.0 Å². The number of hydrogen-bond acceptors (Lipinski definition) is 3. The van der Waals surface area contributed by atoms with E-state index in [1.807, 2.05) is 6.07 Å². The van der Waals surface area contributed by atoms with Crippen molar-refractivity contribution in [1.29, 1.82) is 0 Å². The molecular weight excluding hydrogens is 531 g/mol. The Bertz CT molecular complexity index is 1160. The number of nitrogens with one attached hydrogen (secondary N) is 1. The van der Waals surface area contributed by atoms with Crippen molar-refractivity contribution in [2.75, 3.05) is 5.01 Å². The Labute approximate surface area is 194 Å². The van der Waals surface area contributed by atoms with Gasteiger partial charge in [0.2, 0.25) is 0 Å². The molecule has 1 heterocycles. The minimum Gasteiger partial charge on any atom is -0.487 e. The highest BCUT2D eigenvalue weighted by atomic mass is 79.9. The van der Waals surface area contributed by atoms with E-state index in [0.29, 0.717) is 25.9 Å². The maximum Gasteiger partial charge on any atom is 0.282 e. The molecule has 0 bridgehead atoms. The number of carbonyl (C=O) groups excluding carboxylic acids is 2. The summed E-state index contributed by atoms with van der Waals surface area (Å²) < 4.78 is 20.2. The average molecular weight is 546 g/mol. The number of amides is 2. The Morgan fingerprint density at radius 1 is 0.968 bits per heavy atom. The van der Waals surface area contributed by atoms with Crippen LogP contribution in [0.5, 0.6) is 5.75 Å². The standard InChI is InChI=1S/C23H15Br2FN2O3/c24-19-11-15(12-20(25)21(19)31-13-14-6-8-16(26)9-7-14)10-18-22(29)27-28(23(18)30)17-4-2-1-3-5-17/h1-12H,13H2,(H,27,29)/b18-10-. The number of rotatable bonds is 5. The SMILES string of the molecule is O=C1NN(c2ccccc2)C(=O)/C1=C\c1cc(Br)c(OCc2ccc(F)cc2)c(Br)c1. The maximum absolute atomic E-state index is 13.0. The fraction of sp³-hybridized carbons (Fsp3) is 0.0435. The number of ether oxygens (including phenoxy) is 1. The van der Waals surface area contributed by atoms with Crippen LogP contribution < -0.4 is 15.2 Å². The summed E-state index contributed by atoms with van der Waals surface area (Å²) in [5.74, 6) is -0.655. The second-order valence-corrected chi connectivity index (χ2v) is 8.41. The van der Waals surface area contributed by atoms with Crippen molar-refractivity contribution in [1.82, 2.24) is 5.43 Å². The molecule has 0 radical (unpaired) electrons. The Balaban J connectivity index is 1.55. The van der Waals surface area contributed by atoms with Gasteiger partial charge in [0.05, 0.1) is 14.6 Å². The minimum absolute atomic E-state index is 0.0302. The number of hydrogen-bond donors (Lipinski definition) is 1. The van der Waals surface area contributed by atoms with Crippen molar-refractivity contribution in [3.05, 3.63) is 98.2 Å². The summed E-state index contributed by atoms with van der Waals surface area (Å²) in [4.78, 5) is 25.1. The van der Waals surface area contributed by atoms with Gasteiger partial charge in [-0.15, -0.1) is 0 Å². The summed E-state index contributed by atoms with van der Waals surface area (Å²) in [5.41, 5.74) is 4.65. The van der Waals surface area contributed by atoms with Gasteiger partial charge in [-0.3, -0.25) is 15.0 Å². The quantitative estimate of drug-likeness (QED) is 0.345. The van der Waals surface area contributed by atoms with E-state index in [-0.39, 0.29) is 18.0 Å². The van der Waals surface area contributed by atoms with Crippen LogP contribution in [-0.2, 0) is 16.2 Å². The summed E-state index contributed by atoms with van der Waals surface area (Å²) in [6.07, 6.45) is 1.53. The lowest BCUT2D eigenvalue weighted by Crippen LogP contribution is -2.35. The van der Waals surface area contributed by atoms with Crippen LogP contribution in [0.2, 0.25) is 0 Å². The molecule has 1 fully saturated rings. The Kier molecular flexibility index (Phi) is 6.20. The number of hydrazine groups is 1. The minimum atomic E-state index is -0.474. The second-order valence-electron chi connectivity index (χ2n) is 6.70. The molecule has 1 aliphatic heterocycles. The molecule has 8 heteroatoms. The third-order valence-electron chi connectivity index (χ3n) is 4.53. The second kappa shape index (κ2) is 9.03. The zero-order chi connectivity index (χ0) is 22.0.